The summed E-state index contributed by atoms with van der Waals surface area (Å²) in [6.07, 6.45) is 7.60. The number of nitrogens with zero attached hydrogens (tertiary/aromatic N) is 1. The van der Waals surface area contributed by atoms with E-state index in [2.05, 4.69) is 6.08 Å². The normalized spacial score (nSPS) is 18.0. The SMILES string of the molecule is O=[N+]1C=CC=[C]C1. The Hall–Kier alpha value is -0.920. The van der Waals surface area contributed by atoms with Gasteiger partial charge in [-0.3, -0.25) is 0 Å². The highest BCUT2D eigenvalue weighted by atomic mass is 16.3. The Morgan fingerprint density at radius 1 is 1.71 bits per heavy atom. The Balaban J connectivity index is 2.66. The highest BCUT2D eigenvalue weighted by Gasteiger charge is 1.99. The lowest BCUT2D eigenvalue weighted by molar-refractivity contribution is -0.470. The van der Waals surface area contributed by atoms with Crippen molar-refractivity contribution in [3.8, 4) is 0 Å². The highest BCUT2D eigenvalue weighted by molar-refractivity contribution is 4.97. The first-order valence-corrected chi connectivity index (χ1v) is 2.07. The van der Waals surface area contributed by atoms with Crippen LogP contribution < -0.4 is 0 Å². The molecule has 0 spiro atoms. The zero-order valence-electron chi connectivity index (χ0n) is 3.79. The standard InChI is InChI=1S/C5H5NO/c7-6-4-2-1-3-5-6/h1-2,4H,5H2/q+1. The lowest BCUT2D eigenvalue weighted by Crippen LogP contribution is -2.00. The molecule has 0 aromatic carbocycles. The molecule has 0 aromatic heterocycles. The van der Waals surface area contributed by atoms with Crippen molar-refractivity contribution >= 4 is 0 Å². The molecule has 1 aliphatic rings. The first kappa shape index (κ1) is 4.24. The van der Waals surface area contributed by atoms with E-state index in [1.165, 1.54) is 6.20 Å². The summed E-state index contributed by atoms with van der Waals surface area (Å²) in [5.74, 6) is 0. The minimum absolute atomic E-state index is 0.372. The lowest BCUT2D eigenvalue weighted by Gasteiger charge is -1.80. The summed E-state index contributed by atoms with van der Waals surface area (Å²) in [5.41, 5.74) is 0. The number of nitroso groups, excluding NO2 is 1. The summed E-state index contributed by atoms with van der Waals surface area (Å²) < 4.78 is 0.819. The molecule has 0 saturated heterocycles. The summed E-state index contributed by atoms with van der Waals surface area (Å²) >= 11 is 0. The van der Waals surface area contributed by atoms with Crippen molar-refractivity contribution in [2.45, 2.75) is 0 Å². The molecule has 0 aromatic rings. The first-order chi connectivity index (χ1) is 3.39. The van der Waals surface area contributed by atoms with Crippen molar-refractivity contribution in [1.29, 1.82) is 0 Å². The lowest BCUT2D eigenvalue weighted by atomic mass is 10.4. The smallest absolute Gasteiger partial charge is 0.0459 e. The molecule has 35 valence electrons. The molecular weight excluding hydrogens is 90.1 g/mol. The van der Waals surface area contributed by atoms with Gasteiger partial charge >= 0.3 is 0 Å². The average molecular weight is 95.1 g/mol. The molecule has 0 atom stereocenters. The van der Waals surface area contributed by atoms with Gasteiger partial charge in [-0.1, -0.05) is 0 Å². The predicted molar refractivity (Wildman–Crippen MR) is 25.4 cm³/mol. The molecule has 0 fully saturated rings. The molecule has 0 bridgehead atoms. The van der Waals surface area contributed by atoms with Crippen LogP contribution in [0.15, 0.2) is 18.4 Å². The number of rotatable bonds is 0. The van der Waals surface area contributed by atoms with Gasteiger partial charge in [0.1, 0.15) is 0 Å². The molecule has 2 nitrogen and oxygen atoms in total. The maximum atomic E-state index is 10.2. The Morgan fingerprint density at radius 3 is 2.86 bits per heavy atom. The monoisotopic (exact) mass is 95.0 g/mol. The predicted octanol–water partition coefficient (Wildman–Crippen LogP) is 0.652. The van der Waals surface area contributed by atoms with Crippen molar-refractivity contribution in [3.05, 3.63) is 29.3 Å². The van der Waals surface area contributed by atoms with Gasteiger partial charge < -0.3 is 0 Å². The summed E-state index contributed by atoms with van der Waals surface area (Å²) in [7, 11) is 0. The van der Waals surface area contributed by atoms with Gasteiger partial charge in [0.15, 0.2) is 0 Å². The quantitative estimate of drug-likeness (QED) is 0.404. The first-order valence-electron chi connectivity index (χ1n) is 2.07. The molecular formula is C5H5NO+. The third-order valence-electron chi connectivity index (χ3n) is 0.714. The summed E-state index contributed by atoms with van der Waals surface area (Å²) in [6, 6.07) is 0. The maximum Gasteiger partial charge on any atom is 0.223 e. The molecule has 0 N–H and O–H groups in total. The molecule has 0 aliphatic carbocycles. The molecule has 0 unspecified atom stereocenters. The van der Waals surface area contributed by atoms with Crippen LogP contribution in [0, 0.1) is 11.0 Å². The van der Waals surface area contributed by atoms with E-state index in [-0.39, 0.29) is 0 Å². The summed E-state index contributed by atoms with van der Waals surface area (Å²) in [4.78, 5) is 10.2. The molecule has 7 heavy (non-hydrogen) atoms. The van der Waals surface area contributed by atoms with Crippen molar-refractivity contribution < 1.29 is 4.76 Å². The van der Waals surface area contributed by atoms with E-state index in [1.807, 2.05) is 0 Å². The Labute approximate surface area is 41.7 Å². The highest BCUT2D eigenvalue weighted by Crippen LogP contribution is 1.86. The third-order valence-corrected chi connectivity index (χ3v) is 0.714. The van der Waals surface area contributed by atoms with Crippen LogP contribution in [0.1, 0.15) is 0 Å². The van der Waals surface area contributed by atoms with Crippen molar-refractivity contribution in [3.63, 3.8) is 0 Å². The van der Waals surface area contributed by atoms with E-state index < -0.39 is 0 Å². The summed E-state index contributed by atoms with van der Waals surface area (Å²) in [5, 5.41) is 0. The number of hydrogen-bond acceptors (Lipinski definition) is 1. The maximum absolute atomic E-state index is 10.2. The number of allylic oxidation sites excluding steroid dienone is 2. The van der Waals surface area contributed by atoms with E-state index in [4.69, 9.17) is 0 Å². The molecule has 1 radical (unpaired) electrons. The van der Waals surface area contributed by atoms with Crippen LogP contribution in [0.25, 0.3) is 0 Å². The Bertz CT molecular complexity index is 135. The van der Waals surface area contributed by atoms with Gasteiger partial charge in [0.2, 0.25) is 12.7 Å². The minimum atomic E-state index is 0.372. The van der Waals surface area contributed by atoms with E-state index in [9.17, 15) is 4.91 Å². The fourth-order valence-corrected chi connectivity index (χ4v) is 0.402. The fourth-order valence-electron chi connectivity index (χ4n) is 0.402. The van der Waals surface area contributed by atoms with Gasteiger partial charge in [-0.2, -0.15) is 0 Å². The zero-order valence-corrected chi connectivity index (χ0v) is 3.79. The van der Waals surface area contributed by atoms with Gasteiger partial charge in [0.25, 0.3) is 0 Å². The molecule has 1 aliphatic heterocycles. The zero-order chi connectivity index (χ0) is 5.11. The van der Waals surface area contributed by atoms with Crippen LogP contribution in [0.4, 0.5) is 0 Å². The topological polar surface area (TPSA) is 20.1 Å². The van der Waals surface area contributed by atoms with E-state index in [0.717, 1.165) is 4.76 Å². The molecule has 0 saturated carbocycles. The number of hydrogen-bond donors (Lipinski definition) is 0. The van der Waals surface area contributed by atoms with Crippen LogP contribution in [0.3, 0.4) is 0 Å². The third kappa shape index (κ3) is 0.961. The molecule has 0 amide bonds. The second kappa shape index (κ2) is 1.69. The Morgan fingerprint density at radius 2 is 2.57 bits per heavy atom. The van der Waals surface area contributed by atoms with Crippen LogP contribution >= 0.6 is 0 Å². The fraction of sp³-hybridized carbons (Fsp3) is 0.200. The van der Waals surface area contributed by atoms with Crippen LogP contribution in [0.5, 0.6) is 0 Å². The summed E-state index contributed by atoms with van der Waals surface area (Å²) in [6.45, 7) is 0.372. The van der Waals surface area contributed by atoms with Crippen LogP contribution in [-0.2, 0) is 0 Å². The van der Waals surface area contributed by atoms with Crippen molar-refractivity contribution in [2.75, 3.05) is 6.54 Å². The van der Waals surface area contributed by atoms with E-state index in [1.54, 1.807) is 12.2 Å². The average Bonchev–Trinajstić information content (AvgIpc) is 1.69. The van der Waals surface area contributed by atoms with Gasteiger partial charge in [-0.15, -0.1) is 0 Å². The minimum Gasteiger partial charge on any atom is -0.0459 e. The second-order valence-electron chi connectivity index (χ2n) is 1.29. The molecule has 1 heterocycles. The van der Waals surface area contributed by atoms with Gasteiger partial charge in [-0.25, -0.2) is 0 Å². The van der Waals surface area contributed by atoms with Crippen molar-refractivity contribution in [1.82, 2.24) is 0 Å². The van der Waals surface area contributed by atoms with Gasteiger partial charge in [0.05, 0.1) is 0 Å². The Kier molecular flexibility index (Phi) is 1.02. The van der Waals surface area contributed by atoms with Crippen LogP contribution in [0.2, 0.25) is 0 Å². The largest absolute Gasteiger partial charge is 0.223 e. The van der Waals surface area contributed by atoms with Crippen molar-refractivity contribution in [2.24, 2.45) is 0 Å². The van der Waals surface area contributed by atoms with E-state index >= 15 is 0 Å². The molecule has 1 rings (SSSR count). The van der Waals surface area contributed by atoms with Gasteiger partial charge in [-0.05, 0) is 6.08 Å². The second-order valence-corrected chi connectivity index (χ2v) is 1.29. The van der Waals surface area contributed by atoms with E-state index in [0.29, 0.717) is 6.54 Å². The molecule has 2 heteroatoms. The van der Waals surface area contributed by atoms with Crippen LogP contribution in [-0.4, -0.2) is 11.3 Å². The van der Waals surface area contributed by atoms with Gasteiger partial charge in [0, 0.05) is 21.8 Å².